The lowest BCUT2D eigenvalue weighted by Gasteiger charge is -2.22. The molecular formula is C8H9NO2S. The molecule has 1 aromatic heterocycles. The molecule has 0 atom stereocenters. The molecule has 12 heavy (non-hydrogen) atoms. The first-order chi connectivity index (χ1) is 5.84. The van der Waals surface area contributed by atoms with Crippen molar-refractivity contribution >= 4 is 17.1 Å². The number of hydrogen-bond donors (Lipinski definition) is 0. The monoisotopic (exact) mass is 183 g/mol. The molecule has 1 saturated carbocycles. The van der Waals surface area contributed by atoms with E-state index in [0.717, 1.165) is 0 Å². The van der Waals surface area contributed by atoms with Gasteiger partial charge in [-0.1, -0.05) is 11.3 Å². The summed E-state index contributed by atoms with van der Waals surface area (Å²) in [5, 5.41) is 2.58. The van der Waals surface area contributed by atoms with E-state index in [0.29, 0.717) is 36.3 Å². The third-order valence-corrected chi connectivity index (χ3v) is 2.57. The van der Waals surface area contributed by atoms with Crippen LogP contribution in [0.3, 0.4) is 0 Å². The summed E-state index contributed by atoms with van der Waals surface area (Å²) < 4.78 is 5.35. The second-order valence-electron chi connectivity index (χ2n) is 2.92. The van der Waals surface area contributed by atoms with Crippen LogP contribution in [0.15, 0.2) is 11.6 Å². The van der Waals surface area contributed by atoms with Crippen molar-refractivity contribution in [3.8, 4) is 5.19 Å². The molecule has 0 N–H and O–H groups in total. The van der Waals surface area contributed by atoms with Crippen molar-refractivity contribution in [2.24, 2.45) is 5.92 Å². The van der Waals surface area contributed by atoms with Gasteiger partial charge in [0.2, 0.25) is 0 Å². The molecule has 64 valence electrons. The van der Waals surface area contributed by atoms with Crippen LogP contribution in [0.1, 0.15) is 12.8 Å². The third-order valence-electron chi connectivity index (χ3n) is 1.88. The van der Waals surface area contributed by atoms with Gasteiger partial charge in [-0.25, -0.2) is 4.98 Å². The summed E-state index contributed by atoms with van der Waals surface area (Å²) in [6.07, 6.45) is 3.09. The van der Waals surface area contributed by atoms with E-state index >= 15 is 0 Å². The summed E-state index contributed by atoms with van der Waals surface area (Å²) in [4.78, 5) is 14.6. The van der Waals surface area contributed by atoms with Gasteiger partial charge >= 0.3 is 0 Å². The molecule has 1 aliphatic carbocycles. The van der Waals surface area contributed by atoms with Gasteiger partial charge in [0, 0.05) is 30.3 Å². The summed E-state index contributed by atoms with van der Waals surface area (Å²) >= 11 is 1.48. The Labute approximate surface area is 74.4 Å². The maximum absolute atomic E-state index is 10.6. The van der Waals surface area contributed by atoms with Crippen LogP contribution in [0.5, 0.6) is 5.19 Å². The largest absolute Gasteiger partial charge is 0.470 e. The first kappa shape index (κ1) is 7.73. The van der Waals surface area contributed by atoms with Crippen LogP contribution in [-0.4, -0.2) is 17.4 Å². The number of ketones is 1. The lowest BCUT2D eigenvalue weighted by Crippen LogP contribution is -2.28. The van der Waals surface area contributed by atoms with Crippen LogP contribution in [-0.2, 0) is 4.79 Å². The zero-order valence-electron chi connectivity index (χ0n) is 6.53. The standard InChI is InChI=1S/C8H9NO2S/c10-7-3-6(4-7)5-11-8-9-1-2-12-8/h1-2,6H,3-5H2. The Morgan fingerprint density at radius 3 is 3.08 bits per heavy atom. The van der Waals surface area contributed by atoms with E-state index < -0.39 is 0 Å². The van der Waals surface area contributed by atoms with E-state index in [1.165, 1.54) is 11.3 Å². The average molecular weight is 183 g/mol. The number of aromatic nitrogens is 1. The van der Waals surface area contributed by atoms with Gasteiger partial charge < -0.3 is 4.74 Å². The molecule has 0 bridgehead atoms. The Morgan fingerprint density at radius 2 is 2.50 bits per heavy atom. The quantitative estimate of drug-likeness (QED) is 0.712. The van der Waals surface area contributed by atoms with Gasteiger partial charge in [-0.2, -0.15) is 0 Å². The van der Waals surface area contributed by atoms with Crippen molar-refractivity contribution in [1.29, 1.82) is 0 Å². The third kappa shape index (κ3) is 1.64. The summed E-state index contributed by atoms with van der Waals surface area (Å²) in [5.74, 6) is 0.782. The maximum Gasteiger partial charge on any atom is 0.273 e. The molecule has 0 unspecified atom stereocenters. The van der Waals surface area contributed by atoms with Gasteiger partial charge in [0.25, 0.3) is 5.19 Å². The van der Waals surface area contributed by atoms with Crippen LogP contribution in [0.25, 0.3) is 0 Å². The van der Waals surface area contributed by atoms with E-state index in [4.69, 9.17) is 4.74 Å². The van der Waals surface area contributed by atoms with Crippen LogP contribution >= 0.6 is 11.3 Å². The molecule has 0 aromatic carbocycles. The molecule has 3 nitrogen and oxygen atoms in total. The van der Waals surface area contributed by atoms with Crippen molar-refractivity contribution in [3.05, 3.63) is 11.6 Å². The number of rotatable bonds is 3. The molecule has 1 heterocycles. The maximum atomic E-state index is 10.6. The minimum atomic E-state index is 0.350. The lowest BCUT2D eigenvalue weighted by atomic mass is 9.85. The predicted octanol–water partition coefficient (Wildman–Crippen LogP) is 1.50. The Hall–Kier alpha value is -0.900. The second-order valence-corrected chi connectivity index (χ2v) is 3.78. The van der Waals surface area contributed by atoms with Crippen molar-refractivity contribution in [1.82, 2.24) is 4.98 Å². The number of hydrogen-bond acceptors (Lipinski definition) is 4. The molecule has 1 fully saturated rings. The zero-order chi connectivity index (χ0) is 8.39. The van der Waals surface area contributed by atoms with Crippen LogP contribution in [0, 0.1) is 5.92 Å². The summed E-state index contributed by atoms with van der Waals surface area (Å²) in [5.41, 5.74) is 0. The van der Waals surface area contributed by atoms with Crippen molar-refractivity contribution < 1.29 is 9.53 Å². The fourth-order valence-electron chi connectivity index (χ4n) is 1.17. The highest BCUT2D eigenvalue weighted by Gasteiger charge is 2.26. The molecule has 0 amide bonds. The first-order valence-electron chi connectivity index (χ1n) is 3.88. The number of thiazole rings is 1. The highest BCUT2D eigenvalue weighted by Crippen LogP contribution is 2.24. The molecule has 0 saturated heterocycles. The summed E-state index contributed by atoms with van der Waals surface area (Å²) in [6, 6.07) is 0. The van der Waals surface area contributed by atoms with E-state index in [2.05, 4.69) is 4.98 Å². The number of carbonyl (C=O) groups excluding carboxylic acids is 1. The molecule has 4 heteroatoms. The Kier molecular flexibility index (Phi) is 2.08. The molecule has 2 rings (SSSR count). The van der Waals surface area contributed by atoms with Crippen molar-refractivity contribution in [3.63, 3.8) is 0 Å². The van der Waals surface area contributed by atoms with Gasteiger partial charge in [-0.05, 0) is 0 Å². The zero-order valence-corrected chi connectivity index (χ0v) is 7.34. The molecular weight excluding hydrogens is 174 g/mol. The molecule has 0 spiro atoms. The number of carbonyl (C=O) groups is 1. The predicted molar refractivity (Wildman–Crippen MR) is 45.3 cm³/mol. The minimum Gasteiger partial charge on any atom is -0.470 e. The minimum absolute atomic E-state index is 0.350. The SMILES string of the molecule is O=C1CC(COc2nccs2)C1. The van der Waals surface area contributed by atoms with Gasteiger partial charge in [0.1, 0.15) is 5.78 Å². The fraction of sp³-hybridized carbons (Fsp3) is 0.500. The number of nitrogens with zero attached hydrogens (tertiary/aromatic N) is 1. The van der Waals surface area contributed by atoms with Crippen molar-refractivity contribution in [2.45, 2.75) is 12.8 Å². The smallest absolute Gasteiger partial charge is 0.273 e. The second kappa shape index (κ2) is 3.23. The fourth-order valence-corrected chi connectivity index (χ4v) is 1.67. The van der Waals surface area contributed by atoms with Gasteiger partial charge in [-0.15, -0.1) is 0 Å². The Balaban J connectivity index is 1.73. The average Bonchev–Trinajstić information content (AvgIpc) is 2.47. The number of Topliss-reactive ketones (excluding diaryl/α,β-unsaturated/α-hetero) is 1. The van der Waals surface area contributed by atoms with Gasteiger partial charge in [0.15, 0.2) is 0 Å². The first-order valence-corrected chi connectivity index (χ1v) is 4.76. The van der Waals surface area contributed by atoms with E-state index in [1.54, 1.807) is 6.20 Å². The van der Waals surface area contributed by atoms with Crippen LogP contribution in [0.2, 0.25) is 0 Å². The Morgan fingerprint density at radius 1 is 1.67 bits per heavy atom. The molecule has 0 aliphatic heterocycles. The van der Waals surface area contributed by atoms with Crippen LogP contribution in [0.4, 0.5) is 0 Å². The molecule has 1 aliphatic rings. The highest BCUT2D eigenvalue weighted by molar-refractivity contribution is 7.11. The van der Waals surface area contributed by atoms with E-state index in [-0.39, 0.29) is 0 Å². The Bertz CT molecular complexity index is 263. The normalized spacial score (nSPS) is 17.5. The summed E-state index contributed by atoms with van der Waals surface area (Å²) in [6.45, 7) is 0.638. The molecule has 0 radical (unpaired) electrons. The van der Waals surface area contributed by atoms with Crippen LogP contribution < -0.4 is 4.74 Å². The van der Waals surface area contributed by atoms with E-state index in [9.17, 15) is 4.79 Å². The number of ether oxygens (including phenoxy) is 1. The van der Waals surface area contributed by atoms with Gasteiger partial charge in [-0.3, -0.25) is 4.79 Å². The van der Waals surface area contributed by atoms with Gasteiger partial charge in [0.05, 0.1) is 6.61 Å². The van der Waals surface area contributed by atoms with E-state index in [1.807, 2.05) is 5.38 Å². The van der Waals surface area contributed by atoms with Crippen molar-refractivity contribution in [2.75, 3.05) is 6.61 Å². The topological polar surface area (TPSA) is 39.2 Å². The highest BCUT2D eigenvalue weighted by atomic mass is 32.1. The lowest BCUT2D eigenvalue weighted by molar-refractivity contribution is -0.127. The summed E-state index contributed by atoms with van der Waals surface area (Å²) in [7, 11) is 0. The molecule has 1 aromatic rings.